The smallest absolute Gasteiger partial charge is 0.195 e. The molecule has 2 nitrogen and oxygen atoms in total. The molecule has 0 radical (unpaired) electrons. The van der Waals surface area contributed by atoms with Gasteiger partial charge in [-0.25, -0.2) is 0 Å². The van der Waals surface area contributed by atoms with Gasteiger partial charge in [-0.1, -0.05) is 42.5 Å². The van der Waals surface area contributed by atoms with Crippen LogP contribution >= 0.6 is 11.6 Å². The van der Waals surface area contributed by atoms with Crippen LogP contribution in [0, 0.1) is 0 Å². The van der Waals surface area contributed by atoms with Gasteiger partial charge in [-0.15, -0.1) is 0 Å². The van der Waals surface area contributed by atoms with Crippen LogP contribution in [0.1, 0.15) is 5.56 Å². The van der Waals surface area contributed by atoms with E-state index in [1.54, 1.807) is 18.3 Å². The molecule has 2 aromatic carbocycles. The lowest BCUT2D eigenvalue weighted by Crippen LogP contribution is -1.99. The van der Waals surface area contributed by atoms with Crippen molar-refractivity contribution in [3.05, 3.63) is 70.0 Å². The van der Waals surface area contributed by atoms with Crippen LogP contribution < -0.4 is 5.43 Å². The molecule has 0 aliphatic rings. The van der Waals surface area contributed by atoms with Crippen molar-refractivity contribution < 1.29 is 0 Å². The first-order valence-electron chi connectivity index (χ1n) is 5.84. The summed E-state index contributed by atoms with van der Waals surface area (Å²) in [7, 11) is 0. The van der Waals surface area contributed by atoms with Crippen molar-refractivity contribution in [1.82, 2.24) is 4.98 Å². The van der Waals surface area contributed by atoms with Crippen molar-refractivity contribution in [2.45, 2.75) is 0 Å². The van der Waals surface area contributed by atoms with Crippen molar-refractivity contribution in [3.8, 4) is 0 Å². The van der Waals surface area contributed by atoms with Crippen LogP contribution in [0.25, 0.3) is 27.8 Å². The van der Waals surface area contributed by atoms with Gasteiger partial charge in [0.25, 0.3) is 0 Å². The largest absolute Gasteiger partial charge is 0.289 e. The van der Waals surface area contributed by atoms with Crippen LogP contribution in [0.4, 0.5) is 0 Å². The first-order chi connectivity index (χ1) is 9.19. The van der Waals surface area contributed by atoms with Crippen molar-refractivity contribution in [3.63, 3.8) is 0 Å². The second kappa shape index (κ2) is 4.48. The van der Waals surface area contributed by atoms with Crippen molar-refractivity contribution in [2.24, 2.45) is 0 Å². The molecule has 1 heterocycles. The maximum absolute atomic E-state index is 12.6. The van der Waals surface area contributed by atoms with Gasteiger partial charge < -0.3 is 0 Å². The van der Waals surface area contributed by atoms with Gasteiger partial charge in [0.2, 0.25) is 0 Å². The molecule has 3 rings (SSSR count). The van der Waals surface area contributed by atoms with Crippen molar-refractivity contribution in [1.29, 1.82) is 0 Å². The van der Waals surface area contributed by atoms with Gasteiger partial charge >= 0.3 is 0 Å². The quantitative estimate of drug-likeness (QED) is 0.666. The lowest BCUT2D eigenvalue weighted by atomic mass is 10.1. The van der Waals surface area contributed by atoms with Gasteiger partial charge in [0.1, 0.15) is 0 Å². The van der Waals surface area contributed by atoms with Crippen molar-refractivity contribution in [2.75, 3.05) is 0 Å². The molecule has 0 atom stereocenters. The summed E-state index contributed by atoms with van der Waals surface area (Å²) in [4.78, 5) is 16.8. The van der Waals surface area contributed by atoms with Crippen LogP contribution in [-0.4, -0.2) is 4.98 Å². The van der Waals surface area contributed by atoms with Crippen LogP contribution in [0.15, 0.2) is 54.0 Å². The minimum atomic E-state index is -0.0614. The number of rotatable bonds is 1. The third-order valence-corrected chi connectivity index (χ3v) is 3.31. The van der Waals surface area contributed by atoms with Crippen molar-refractivity contribution >= 4 is 39.4 Å². The topological polar surface area (TPSA) is 30.0 Å². The SMILES string of the molecule is C=Cc1ccc2ccc3ncc(Cl)cc3c(=O)c2c1. The minimum Gasteiger partial charge on any atom is -0.289 e. The highest BCUT2D eigenvalue weighted by Crippen LogP contribution is 2.18. The van der Waals surface area contributed by atoms with Crippen LogP contribution in [0.3, 0.4) is 0 Å². The summed E-state index contributed by atoms with van der Waals surface area (Å²) < 4.78 is 0. The fraction of sp³-hybridized carbons (Fsp3) is 0. The fourth-order valence-corrected chi connectivity index (χ4v) is 2.28. The van der Waals surface area contributed by atoms with Crippen LogP contribution in [0.2, 0.25) is 5.02 Å². The maximum Gasteiger partial charge on any atom is 0.195 e. The summed E-state index contributed by atoms with van der Waals surface area (Å²) in [5, 5.41) is 2.52. The zero-order valence-corrected chi connectivity index (χ0v) is 10.8. The third-order valence-electron chi connectivity index (χ3n) is 3.11. The number of hydrogen-bond donors (Lipinski definition) is 0. The minimum absolute atomic E-state index is 0.0614. The van der Waals surface area contributed by atoms with Gasteiger partial charge in [-0.05, 0) is 29.1 Å². The van der Waals surface area contributed by atoms with Gasteiger partial charge in [0, 0.05) is 17.0 Å². The molecule has 0 bridgehead atoms. The zero-order valence-electron chi connectivity index (χ0n) is 10.1. The Balaban J connectivity index is 2.58. The second-order valence-electron chi connectivity index (χ2n) is 4.30. The van der Waals surface area contributed by atoms with Gasteiger partial charge in [-0.3, -0.25) is 9.78 Å². The number of pyridine rings is 1. The van der Waals surface area contributed by atoms with E-state index in [0.29, 0.717) is 21.3 Å². The van der Waals surface area contributed by atoms with E-state index in [1.165, 1.54) is 0 Å². The molecular formula is C16H10ClNO. The van der Waals surface area contributed by atoms with E-state index >= 15 is 0 Å². The Morgan fingerprint density at radius 1 is 1.11 bits per heavy atom. The average molecular weight is 268 g/mol. The number of hydrogen-bond acceptors (Lipinski definition) is 2. The molecule has 0 saturated heterocycles. The molecule has 0 unspecified atom stereocenters. The third kappa shape index (κ3) is 2.00. The molecule has 0 amide bonds. The average Bonchev–Trinajstić information content (AvgIpc) is 2.57. The summed E-state index contributed by atoms with van der Waals surface area (Å²) in [6.45, 7) is 3.72. The van der Waals surface area contributed by atoms with E-state index in [1.807, 2.05) is 30.3 Å². The Morgan fingerprint density at radius 3 is 2.68 bits per heavy atom. The highest BCUT2D eigenvalue weighted by Gasteiger charge is 2.04. The summed E-state index contributed by atoms with van der Waals surface area (Å²) in [6, 6.07) is 11.1. The second-order valence-corrected chi connectivity index (χ2v) is 4.74. The molecule has 0 fully saturated rings. The van der Waals surface area contributed by atoms with E-state index < -0.39 is 0 Å². The molecule has 0 aliphatic carbocycles. The van der Waals surface area contributed by atoms with E-state index in [-0.39, 0.29) is 5.43 Å². The number of nitrogens with zero attached hydrogens (tertiary/aromatic N) is 1. The summed E-state index contributed by atoms with van der Waals surface area (Å²) in [6.07, 6.45) is 3.27. The van der Waals surface area contributed by atoms with Crippen LogP contribution in [0.5, 0.6) is 0 Å². The number of halogens is 1. The normalized spacial score (nSPS) is 10.8. The highest BCUT2D eigenvalue weighted by atomic mass is 35.5. The van der Waals surface area contributed by atoms with Gasteiger partial charge in [-0.2, -0.15) is 0 Å². The lowest BCUT2D eigenvalue weighted by molar-refractivity contribution is 1.42. The monoisotopic (exact) mass is 267 g/mol. The van der Waals surface area contributed by atoms with Gasteiger partial charge in [0.05, 0.1) is 10.5 Å². The first-order valence-corrected chi connectivity index (χ1v) is 6.21. The molecule has 0 N–H and O–H groups in total. The Bertz CT molecular complexity index is 871. The Hall–Kier alpha value is -2.19. The molecule has 92 valence electrons. The summed E-state index contributed by atoms with van der Waals surface area (Å²) >= 11 is 5.93. The van der Waals surface area contributed by atoms with Crippen LogP contribution in [-0.2, 0) is 0 Å². The first kappa shape index (κ1) is 11.9. The summed E-state index contributed by atoms with van der Waals surface area (Å²) in [5.74, 6) is 0. The summed E-state index contributed by atoms with van der Waals surface area (Å²) in [5.41, 5.74) is 1.50. The molecule has 3 heteroatoms. The predicted molar refractivity (Wildman–Crippen MR) is 80.6 cm³/mol. The molecule has 1 aromatic heterocycles. The van der Waals surface area contributed by atoms with E-state index in [4.69, 9.17) is 11.6 Å². The number of fused-ring (bicyclic) bond motifs is 2. The molecule has 0 aliphatic heterocycles. The Morgan fingerprint density at radius 2 is 1.89 bits per heavy atom. The fourth-order valence-electron chi connectivity index (χ4n) is 2.12. The molecule has 19 heavy (non-hydrogen) atoms. The molecule has 0 saturated carbocycles. The molecular weight excluding hydrogens is 258 g/mol. The Labute approximate surface area is 115 Å². The Kier molecular flexibility index (Phi) is 2.80. The zero-order chi connectivity index (χ0) is 13.4. The lowest BCUT2D eigenvalue weighted by Gasteiger charge is -1.95. The molecule has 0 spiro atoms. The van der Waals surface area contributed by atoms with E-state index in [0.717, 1.165) is 10.9 Å². The number of aromatic nitrogens is 1. The van der Waals surface area contributed by atoms with Gasteiger partial charge in [0.15, 0.2) is 5.43 Å². The standard InChI is InChI=1S/C16H10ClNO/c1-2-10-3-4-11-5-6-15-14(8-12(17)9-18-15)16(19)13(11)7-10/h2-9H,1H2. The number of benzene rings is 1. The van der Waals surface area contributed by atoms with E-state index in [2.05, 4.69) is 11.6 Å². The maximum atomic E-state index is 12.6. The van der Waals surface area contributed by atoms with E-state index in [9.17, 15) is 4.79 Å². The predicted octanol–water partition coefficient (Wildman–Crippen LogP) is 4.04. The highest BCUT2D eigenvalue weighted by molar-refractivity contribution is 6.31. The molecule has 3 aromatic rings.